The first-order chi connectivity index (χ1) is 22.6. The Labute approximate surface area is 293 Å². The molecule has 278 valence electrons. The number of carboxylic acids is 1. The minimum atomic E-state index is -0.723. The van der Waals surface area contributed by atoms with Crippen LogP contribution in [-0.4, -0.2) is 69.7 Å². The molecule has 8 heteroatoms. The third-order valence-corrected chi connectivity index (χ3v) is 14.0. The van der Waals surface area contributed by atoms with Gasteiger partial charge < -0.3 is 9.84 Å². The number of piperidine rings is 2. The Kier molecular flexibility index (Phi) is 13.9. The number of ether oxygens (including phenoxy) is 1. The molecule has 2 heterocycles. The highest BCUT2D eigenvalue weighted by Crippen LogP contribution is 2.53. The van der Waals surface area contributed by atoms with Gasteiger partial charge in [-0.15, -0.1) is 0 Å². The molecule has 2 saturated heterocycles. The van der Waals surface area contributed by atoms with Crippen LogP contribution in [0.5, 0.6) is 0 Å². The number of carbonyl (C=O) groups excluding carboxylic acids is 1. The van der Waals surface area contributed by atoms with Crippen molar-refractivity contribution < 1.29 is 29.1 Å². The summed E-state index contributed by atoms with van der Waals surface area (Å²) < 4.78 is 6.70. The van der Waals surface area contributed by atoms with Crippen LogP contribution in [-0.2, 0) is 24.0 Å². The van der Waals surface area contributed by atoms with Crippen molar-refractivity contribution in [2.75, 3.05) is 13.1 Å². The molecule has 4 rings (SSSR count). The van der Waals surface area contributed by atoms with E-state index in [1.165, 1.54) is 38.5 Å². The molecule has 3 unspecified atom stereocenters. The third-order valence-electron chi connectivity index (χ3n) is 14.0. The summed E-state index contributed by atoms with van der Waals surface area (Å²) in [7, 11) is 0. The number of unbranched alkanes of at least 4 members (excludes halogenated alkanes) is 4. The molecule has 0 aromatic carbocycles. The van der Waals surface area contributed by atoms with Gasteiger partial charge in [0.2, 0.25) is 0 Å². The molecule has 2 saturated carbocycles. The van der Waals surface area contributed by atoms with Crippen LogP contribution in [0, 0.1) is 22.7 Å². The van der Waals surface area contributed by atoms with Gasteiger partial charge in [-0.3, -0.25) is 19.3 Å². The molecular formula is C40H72N2O6. The van der Waals surface area contributed by atoms with Crippen molar-refractivity contribution in [1.29, 1.82) is 0 Å². The highest BCUT2D eigenvalue weighted by molar-refractivity contribution is 5.73. The Morgan fingerprint density at radius 1 is 0.646 bits per heavy atom. The van der Waals surface area contributed by atoms with E-state index in [2.05, 4.69) is 65.5 Å². The van der Waals surface area contributed by atoms with Crippen LogP contribution in [0.25, 0.3) is 0 Å². The quantitative estimate of drug-likeness (QED) is 0.136. The van der Waals surface area contributed by atoms with E-state index in [9.17, 15) is 9.59 Å². The summed E-state index contributed by atoms with van der Waals surface area (Å²) in [6, 6.07) is 0. The van der Waals surface area contributed by atoms with E-state index in [1.807, 2.05) is 0 Å². The second-order valence-electron chi connectivity index (χ2n) is 17.9. The maximum atomic E-state index is 14.6. The highest BCUT2D eigenvalue weighted by Gasteiger charge is 2.57. The smallest absolute Gasteiger partial charge is 0.309 e. The summed E-state index contributed by atoms with van der Waals surface area (Å²) in [6.45, 7) is 19.9. The largest absolute Gasteiger partial charge is 0.481 e. The first kappa shape index (κ1) is 39.6. The molecule has 0 spiro atoms. The SMILES string of the molecule is CC1(C)C(OC(=O)C(CCCCCCCC(=O)O)C2CCN(OC3CCCCC3)C(C)(C)C2(C)C)CCN(OC2CCCCC2)C1(C)C. The lowest BCUT2D eigenvalue weighted by Gasteiger charge is -2.58. The van der Waals surface area contributed by atoms with Gasteiger partial charge in [0.05, 0.1) is 18.1 Å². The lowest BCUT2D eigenvalue weighted by atomic mass is 9.58. The molecule has 2 aliphatic carbocycles. The van der Waals surface area contributed by atoms with Gasteiger partial charge in [0.25, 0.3) is 0 Å². The molecule has 8 nitrogen and oxygen atoms in total. The first-order valence-corrected chi connectivity index (χ1v) is 19.9. The molecule has 0 bridgehead atoms. The maximum Gasteiger partial charge on any atom is 0.309 e. The Morgan fingerprint density at radius 3 is 1.67 bits per heavy atom. The third kappa shape index (κ3) is 9.16. The van der Waals surface area contributed by atoms with Crippen LogP contribution >= 0.6 is 0 Å². The molecule has 0 radical (unpaired) electrons. The number of aliphatic carboxylic acids is 1. The zero-order valence-corrected chi connectivity index (χ0v) is 32.1. The van der Waals surface area contributed by atoms with Gasteiger partial charge in [-0.05, 0) is 84.0 Å². The molecule has 3 atom stereocenters. The van der Waals surface area contributed by atoms with Gasteiger partial charge in [0, 0.05) is 42.4 Å². The molecule has 0 aromatic rings. The highest BCUT2D eigenvalue weighted by atomic mass is 16.7. The van der Waals surface area contributed by atoms with Crippen molar-refractivity contribution in [3.63, 3.8) is 0 Å². The first-order valence-electron chi connectivity index (χ1n) is 19.9. The van der Waals surface area contributed by atoms with E-state index in [-0.39, 0.29) is 52.2 Å². The fourth-order valence-electron chi connectivity index (χ4n) is 9.12. The lowest BCUT2D eigenvalue weighted by molar-refractivity contribution is -0.306. The molecule has 4 aliphatic rings. The maximum absolute atomic E-state index is 14.6. The van der Waals surface area contributed by atoms with Crippen LogP contribution in [0.2, 0.25) is 0 Å². The van der Waals surface area contributed by atoms with Crippen molar-refractivity contribution in [1.82, 2.24) is 10.1 Å². The minimum absolute atomic E-state index is 0.0353. The van der Waals surface area contributed by atoms with Gasteiger partial charge in [-0.25, -0.2) is 0 Å². The normalized spacial score (nSPS) is 28.9. The topological polar surface area (TPSA) is 88.5 Å². The number of hydrogen-bond acceptors (Lipinski definition) is 7. The van der Waals surface area contributed by atoms with Gasteiger partial charge in [0.1, 0.15) is 6.10 Å². The van der Waals surface area contributed by atoms with Crippen LogP contribution in [0.15, 0.2) is 0 Å². The standard InChI is InChI=1S/C40H72N2O6/c1-37(2)33(26-28-41(39(37,5)6)47-30-20-14-12-15-21-30)32(24-18-10-9-11-19-25-35(43)44)36(45)46-34-27-29-42(40(7,8)38(34,3)4)48-31-22-16-13-17-23-31/h30-34H,9-29H2,1-8H3,(H,43,44). The van der Waals surface area contributed by atoms with Crippen LogP contribution in [0.3, 0.4) is 0 Å². The monoisotopic (exact) mass is 677 g/mol. The number of rotatable bonds is 15. The molecule has 4 fully saturated rings. The molecule has 0 amide bonds. The molecule has 48 heavy (non-hydrogen) atoms. The van der Waals surface area contributed by atoms with Crippen LogP contribution in [0.1, 0.15) is 177 Å². The lowest BCUT2D eigenvalue weighted by Crippen LogP contribution is -2.65. The minimum Gasteiger partial charge on any atom is -0.481 e. The van der Waals surface area contributed by atoms with E-state index in [0.29, 0.717) is 12.2 Å². The fraction of sp³-hybridized carbons (Fsp3) is 0.950. The summed E-state index contributed by atoms with van der Waals surface area (Å²) in [5, 5.41) is 13.5. The van der Waals surface area contributed by atoms with E-state index >= 15 is 0 Å². The molecule has 0 aromatic heterocycles. The summed E-state index contributed by atoms with van der Waals surface area (Å²) in [5.74, 6) is -0.777. The van der Waals surface area contributed by atoms with Crippen molar-refractivity contribution in [3.05, 3.63) is 0 Å². The number of hydroxylamine groups is 4. The Hall–Kier alpha value is -1.22. The van der Waals surface area contributed by atoms with E-state index < -0.39 is 5.97 Å². The number of carbonyl (C=O) groups is 2. The van der Waals surface area contributed by atoms with Crippen LogP contribution < -0.4 is 0 Å². The van der Waals surface area contributed by atoms with Crippen molar-refractivity contribution in [2.45, 2.75) is 207 Å². The Balaban J connectivity index is 1.47. The van der Waals surface area contributed by atoms with Gasteiger partial charge in [0.15, 0.2) is 0 Å². The van der Waals surface area contributed by atoms with Crippen molar-refractivity contribution in [3.8, 4) is 0 Å². The summed E-state index contributed by atoms with van der Waals surface area (Å²) in [4.78, 5) is 38.9. The predicted molar refractivity (Wildman–Crippen MR) is 191 cm³/mol. The summed E-state index contributed by atoms with van der Waals surface area (Å²) in [5.41, 5.74) is -1.01. The van der Waals surface area contributed by atoms with Gasteiger partial charge >= 0.3 is 11.9 Å². The number of esters is 1. The Morgan fingerprint density at radius 2 is 1.12 bits per heavy atom. The Bertz CT molecular complexity index is 1030. The predicted octanol–water partition coefficient (Wildman–Crippen LogP) is 9.50. The summed E-state index contributed by atoms with van der Waals surface area (Å²) in [6.07, 6.45) is 19.8. The average Bonchev–Trinajstić information content (AvgIpc) is 3.03. The molecule has 1 N–H and O–H groups in total. The van der Waals surface area contributed by atoms with Gasteiger partial charge in [-0.1, -0.05) is 91.9 Å². The zero-order chi connectivity index (χ0) is 35.2. The van der Waals surface area contributed by atoms with E-state index in [4.69, 9.17) is 19.5 Å². The summed E-state index contributed by atoms with van der Waals surface area (Å²) >= 11 is 0. The van der Waals surface area contributed by atoms with E-state index in [0.717, 1.165) is 90.1 Å². The number of nitrogens with zero attached hydrogens (tertiary/aromatic N) is 2. The second-order valence-corrected chi connectivity index (χ2v) is 17.9. The van der Waals surface area contributed by atoms with Crippen molar-refractivity contribution >= 4 is 11.9 Å². The zero-order valence-electron chi connectivity index (χ0n) is 32.1. The number of carboxylic acid groups (broad SMARTS) is 1. The average molecular weight is 677 g/mol. The van der Waals surface area contributed by atoms with E-state index in [1.54, 1.807) is 0 Å². The second kappa shape index (κ2) is 16.9. The molecular weight excluding hydrogens is 604 g/mol. The number of hydrogen-bond donors (Lipinski definition) is 1. The van der Waals surface area contributed by atoms with Crippen LogP contribution in [0.4, 0.5) is 0 Å². The van der Waals surface area contributed by atoms with Gasteiger partial charge in [-0.2, -0.15) is 10.1 Å². The molecule has 2 aliphatic heterocycles. The van der Waals surface area contributed by atoms with Crippen molar-refractivity contribution in [2.24, 2.45) is 22.7 Å². The fourth-order valence-corrected chi connectivity index (χ4v) is 9.12.